The van der Waals surface area contributed by atoms with Crippen molar-refractivity contribution in [2.24, 2.45) is 0 Å². The predicted octanol–water partition coefficient (Wildman–Crippen LogP) is 2.96. The molecule has 0 aliphatic carbocycles. The Hall–Kier alpha value is -2.50. The number of carbonyl (C=O) groups is 2. The van der Waals surface area contributed by atoms with Crippen molar-refractivity contribution in [3.63, 3.8) is 0 Å². The Bertz CT molecular complexity index is 583. The maximum atomic E-state index is 11.8. The zero-order valence-corrected chi connectivity index (χ0v) is 15.2. The first-order chi connectivity index (χ1) is 12.1. The Labute approximate surface area is 149 Å². The van der Waals surface area contributed by atoms with Crippen LogP contribution in [0.2, 0.25) is 0 Å². The van der Waals surface area contributed by atoms with Crippen LogP contribution in [0.1, 0.15) is 38.2 Å². The fourth-order valence-corrected chi connectivity index (χ4v) is 2.01. The van der Waals surface area contributed by atoms with Crippen LogP contribution < -0.4 is 14.8 Å². The van der Waals surface area contributed by atoms with E-state index in [9.17, 15) is 9.59 Å². The molecule has 0 saturated heterocycles. The summed E-state index contributed by atoms with van der Waals surface area (Å²) in [6, 6.07) is 5.52. The summed E-state index contributed by atoms with van der Waals surface area (Å²) >= 11 is 0. The molecule has 1 aromatic carbocycles. The van der Waals surface area contributed by atoms with E-state index < -0.39 is 0 Å². The number of amides is 1. The van der Waals surface area contributed by atoms with E-state index in [0.29, 0.717) is 31.1 Å². The fourth-order valence-electron chi connectivity index (χ4n) is 2.01. The summed E-state index contributed by atoms with van der Waals surface area (Å²) in [4.78, 5) is 22.7. The van der Waals surface area contributed by atoms with E-state index in [1.807, 2.05) is 18.2 Å². The minimum absolute atomic E-state index is 0.216. The largest absolute Gasteiger partial charge is 0.493 e. The molecule has 0 bridgehead atoms. The summed E-state index contributed by atoms with van der Waals surface area (Å²) in [5.41, 5.74) is 0.837. The highest BCUT2D eigenvalue weighted by atomic mass is 16.5. The first-order valence-corrected chi connectivity index (χ1v) is 8.44. The van der Waals surface area contributed by atoms with Gasteiger partial charge in [0, 0.05) is 19.0 Å². The quantitative estimate of drug-likeness (QED) is 0.378. The lowest BCUT2D eigenvalue weighted by Crippen LogP contribution is -2.22. The summed E-state index contributed by atoms with van der Waals surface area (Å²) in [6.07, 6.45) is 6.04. The van der Waals surface area contributed by atoms with Crippen LogP contribution in [0.25, 0.3) is 6.08 Å². The van der Waals surface area contributed by atoms with Crippen LogP contribution in [-0.4, -0.2) is 39.2 Å². The van der Waals surface area contributed by atoms with E-state index in [4.69, 9.17) is 9.47 Å². The lowest BCUT2D eigenvalue weighted by atomic mass is 10.2. The number of unbranched alkanes of at least 4 members (excludes halogenated alkanes) is 1. The van der Waals surface area contributed by atoms with Crippen LogP contribution in [0.3, 0.4) is 0 Å². The van der Waals surface area contributed by atoms with Crippen LogP contribution in [0.4, 0.5) is 0 Å². The van der Waals surface area contributed by atoms with Gasteiger partial charge in [-0.25, -0.2) is 0 Å². The average molecular weight is 349 g/mol. The van der Waals surface area contributed by atoms with Crippen molar-refractivity contribution < 1.29 is 23.8 Å². The van der Waals surface area contributed by atoms with Crippen LogP contribution >= 0.6 is 0 Å². The number of hydrogen-bond acceptors (Lipinski definition) is 5. The second-order valence-corrected chi connectivity index (χ2v) is 5.42. The number of esters is 1. The van der Waals surface area contributed by atoms with Gasteiger partial charge in [0.05, 0.1) is 20.8 Å². The highest BCUT2D eigenvalue weighted by molar-refractivity contribution is 5.91. The molecule has 25 heavy (non-hydrogen) atoms. The van der Waals surface area contributed by atoms with E-state index >= 15 is 0 Å². The number of carbonyl (C=O) groups excluding carboxylic acids is 2. The fraction of sp³-hybridized carbons (Fsp3) is 0.474. The Morgan fingerprint density at radius 2 is 1.96 bits per heavy atom. The topological polar surface area (TPSA) is 73.9 Å². The van der Waals surface area contributed by atoms with Gasteiger partial charge in [-0.1, -0.05) is 19.4 Å². The standard InChI is InChI=1S/C19H27NO5/c1-4-5-13-25-16-10-8-15(14-17(16)23-2)9-11-18(21)20-12-6-7-19(22)24-3/h8-11,14H,4-7,12-13H2,1-3H3,(H,20,21)/b11-9+. The zero-order chi connectivity index (χ0) is 18.5. The highest BCUT2D eigenvalue weighted by Crippen LogP contribution is 2.28. The molecule has 1 amide bonds. The molecular weight excluding hydrogens is 322 g/mol. The van der Waals surface area contributed by atoms with Crippen molar-refractivity contribution in [2.45, 2.75) is 32.6 Å². The van der Waals surface area contributed by atoms with Gasteiger partial charge in [-0.15, -0.1) is 0 Å². The van der Waals surface area contributed by atoms with Crippen molar-refractivity contribution in [1.82, 2.24) is 5.32 Å². The molecule has 0 unspecified atom stereocenters. The van der Waals surface area contributed by atoms with Crippen LogP contribution in [0.5, 0.6) is 11.5 Å². The van der Waals surface area contributed by atoms with Crippen LogP contribution in [0, 0.1) is 0 Å². The van der Waals surface area contributed by atoms with E-state index in [1.165, 1.54) is 13.2 Å². The highest BCUT2D eigenvalue weighted by Gasteiger charge is 2.05. The van der Waals surface area contributed by atoms with Gasteiger partial charge in [0.25, 0.3) is 0 Å². The summed E-state index contributed by atoms with van der Waals surface area (Å²) < 4.78 is 15.5. The molecular formula is C19H27NO5. The summed E-state index contributed by atoms with van der Waals surface area (Å²) in [7, 11) is 2.93. The minimum Gasteiger partial charge on any atom is -0.493 e. The molecule has 0 atom stereocenters. The smallest absolute Gasteiger partial charge is 0.305 e. The van der Waals surface area contributed by atoms with Crippen molar-refractivity contribution in [3.8, 4) is 11.5 Å². The summed E-state index contributed by atoms with van der Waals surface area (Å²) in [5.74, 6) is 0.835. The number of ether oxygens (including phenoxy) is 3. The molecule has 0 saturated carbocycles. The molecule has 1 aromatic rings. The van der Waals surface area contributed by atoms with Crippen LogP contribution in [0.15, 0.2) is 24.3 Å². The number of rotatable bonds is 11. The number of benzene rings is 1. The Kier molecular flexibility index (Phi) is 9.82. The van der Waals surface area contributed by atoms with Gasteiger partial charge in [-0.3, -0.25) is 9.59 Å². The molecule has 0 fully saturated rings. The second kappa shape index (κ2) is 11.9. The van der Waals surface area contributed by atoms with Crippen molar-refractivity contribution in [3.05, 3.63) is 29.8 Å². The van der Waals surface area contributed by atoms with E-state index in [1.54, 1.807) is 13.2 Å². The monoisotopic (exact) mass is 349 g/mol. The number of nitrogens with one attached hydrogen (secondary N) is 1. The van der Waals surface area contributed by atoms with E-state index in [2.05, 4.69) is 17.0 Å². The lowest BCUT2D eigenvalue weighted by Gasteiger charge is -2.10. The molecule has 0 aliphatic rings. The van der Waals surface area contributed by atoms with Crippen molar-refractivity contribution >= 4 is 18.0 Å². The molecule has 0 heterocycles. The maximum Gasteiger partial charge on any atom is 0.305 e. The van der Waals surface area contributed by atoms with Gasteiger partial charge in [0.15, 0.2) is 11.5 Å². The third kappa shape index (κ3) is 8.24. The summed E-state index contributed by atoms with van der Waals surface area (Å²) in [5, 5.41) is 2.72. The molecule has 0 spiro atoms. The zero-order valence-electron chi connectivity index (χ0n) is 15.2. The Morgan fingerprint density at radius 3 is 2.64 bits per heavy atom. The van der Waals surface area contributed by atoms with Crippen molar-refractivity contribution in [1.29, 1.82) is 0 Å². The Morgan fingerprint density at radius 1 is 1.16 bits per heavy atom. The molecule has 1 rings (SSSR count). The normalized spacial score (nSPS) is 10.5. The van der Waals surface area contributed by atoms with Gasteiger partial charge >= 0.3 is 5.97 Å². The van der Waals surface area contributed by atoms with Crippen LogP contribution in [-0.2, 0) is 14.3 Å². The second-order valence-electron chi connectivity index (χ2n) is 5.42. The van der Waals surface area contributed by atoms with Gasteiger partial charge in [0.2, 0.25) is 5.91 Å². The van der Waals surface area contributed by atoms with Gasteiger partial charge in [-0.2, -0.15) is 0 Å². The first kappa shape index (κ1) is 20.5. The SMILES string of the molecule is CCCCOc1ccc(/C=C/C(=O)NCCCC(=O)OC)cc1OC. The van der Waals surface area contributed by atoms with Gasteiger partial charge in [0.1, 0.15) is 0 Å². The third-order valence-electron chi connectivity index (χ3n) is 3.45. The minimum atomic E-state index is -0.280. The molecule has 6 nitrogen and oxygen atoms in total. The molecule has 0 radical (unpaired) electrons. The average Bonchev–Trinajstić information content (AvgIpc) is 2.64. The lowest BCUT2D eigenvalue weighted by molar-refractivity contribution is -0.140. The predicted molar refractivity (Wildman–Crippen MR) is 96.7 cm³/mol. The van der Waals surface area contributed by atoms with Crippen molar-refractivity contribution in [2.75, 3.05) is 27.4 Å². The number of methoxy groups -OCH3 is 2. The maximum absolute atomic E-state index is 11.8. The number of hydrogen-bond donors (Lipinski definition) is 1. The van der Waals surface area contributed by atoms with Gasteiger partial charge in [-0.05, 0) is 36.6 Å². The first-order valence-electron chi connectivity index (χ1n) is 8.44. The van der Waals surface area contributed by atoms with Gasteiger partial charge < -0.3 is 19.5 Å². The molecule has 0 aliphatic heterocycles. The molecule has 1 N–H and O–H groups in total. The Balaban J connectivity index is 2.50. The molecule has 6 heteroatoms. The van der Waals surface area contributed by atoms with E-state index in [0.717, 1.165) is 18.4 Å². The third-order valence-corrected chi connectivity index (χ3v) is 3.45. The summed E-state index contributed by atoms with van der Waals surface area (Å²) in [6.45, 7) is 3.18. The molecule has 0 aromatic heterocycles. The molecule has 138 valence electrons. The van der Waals surface area contributed by atoms with E-state index in [-0.39, 0.29) is 18.3 Å².